The lowest BCUT2D eigenvalue weighted by molar-refractivity contribution is -0.138. The molecule has 1 N–H and O–H groups in total. The summed E-state index contributed by atoms with van der Waals surface area (Å²) in [6, 6.07) is 5.62. The molecule has 2 aromatic rings. The molecule has 1 aromatic carbocycles. The largest absolute Gasteiger partial charge is 0.481 e. The Hall–Kier alpha value is -1.27. The van der Waals surface area contributed by atoms with E-state index in [1.807, 2.05) is 25.1 Å². The molecule has 0 aliphatic heterocycles. The number of rotatable bonds is 3. The first kappa shape index (κ1) is 13.2. The van der Waals surface area contributed by atoms with E-state index in [0.29, 0.717) is 0 Å². The van der Waals surface area contributed by atoms with Crippen molar-refractivity contribution in [1.29, 1.82) is 0 Å². The minimum atomic E-state index is -0.819. The predicted molar refractivity (Wildman–Crippen MR) is 73.8 cm³/mol. The molecule has 0 amide bonds. The van der Waals surface area contributed by atoms with Gasteiger partial charge in [-0.3, -0.25) is 4.79 Å². The Morgan fingerprint density at radius 3 is 2.67 bits per heavy atom. The number of aliphatic carboxylic acids is 1. The van der Waals surface area contributed by atoms with Gasteiger partial charge in [0, 0.05) is 5.56 Å². The van der Waals surface area contributed by atoms with Gasteiger partial charge in [0.2, 0.25) is 0 Å². The minimum Gasteiger partial charge on any atom is -0.481 e. The highest BCUT2D eigenvalue weighted by Gasteiger charge is 2.15. The third-order valence-corrected chi connectivity index (χ3v) is 4.14. The van der Waals surface area contributed by atoms with Crippen molar-refractivity contribution >= 4 is 33.2 Å². The molecule has 0 radical (unpaired) electrons. The molecule has 0 spiro atoms. The van der Waals surface area contributed by atoms with Crippen molar-refractivity contribution < 1.29 is 9.90 Å². The maximum atomic E-state index is 10.9. The summed E-state index contributed by atoms with van der Waals surface area (Å²) in [5, 5.41) is 17.8. The number of aromatic nitrogens is 2. The third kappa shape index (κ3) is 2.59. The van der Waals surface area contributed by atoms with E-state index < -0.39 is 11.9 Å². The molecule has 6 heteroatoms. The molecular formula is C12H11BrN2O2S. The van der Waals surface area contributed by atoms with E-state index in [-0.39, 0.29) is 0 Å². The first-order valence-corrected chi connectivity index (χ1v) is 6.92. The number of hydrogen-bond donors (Lipinski definition) is 1. The van der Waals surface area contributed by atoms with Gasteiger partial charge in [-0.15, -0.1) is 10.2 Å². The Labute approximate surface area is 117 Å². The van der Waals surface area contributed by atoms with Crippen LogP contribution in [0.3, 0.4) is 0 Å². The second kappa shape index (κ2) is 5.16. The molecule has 0 saturated carbocycles. The highest BCUT2D eigenvalue weighted by atomic mass is 79.9. The molecular weight excluding hydrogens is 316 g/mol. The van der Waals surface area contributed by atoms with E-state index in [4.69, 9.17) is 5.11 Å². The Morgan fingerprint density at radius 2 is 2.17 bits per heavy atom. The second-order valence-electron chi connectivity index (χ2n) is 3.99. The number of nitrogens with zero attached hydrogens (tertiary/aromatic N) is 2. The zero-order chi connectivity index (χ0) is 13.3. The van der Waals surface area contributed by atoms with E-state index >= 15 is 0 Å². The van der Waals surface area contributed by atoms with Crippen LogP contribution in [-0.2, 0) is 4.79 Å². The monoisotopic (exact) mass is 326 g/mol. The fourth-order valence-electron chi connectivity index (χ4n) is 1.65. The summed E-state index contributed by atoms with van der Waals surface area (Å²) in [6.07, 6.45) is 0. The molecule has 94 valence electrons. The van der Waals surface area contributed by atoms with Gasteiger partial charge in [-0.1, -0.05) is 29.5 Å². The summed E-state index contributed by atoms with van der Waals surface area (Å²) in [5.74, 6) is -1.32. The fraction of sp³-hybridized carbons (Fsp3) is 0.250. The number of carboxylic acids is 1. The van der Waals surface area contributed by atoms with Crippen molar-refractivity contribution in [2.45, 2.75) is 19.8 Å². The zero-order valence-electron chi connectivity index (χ0n) is 9.85. The van der Waals surface area contributed by atoms with E-state index in [9.17, 15) is 4.79 Å². The highest BCUT2D eigenvalue weighted by molar-refractivity contribution is 9.11. The molecule has 0 fully saturated rings. The first-order valence-electron chi connectivity index (χ1n) is 5.31. The third-order valence-electron chi connectivity index (χ3n) is 2.75. The number of aryl methyl sites for hydroxylation is 1. The summed E-state index contributed by atoms with van der Waals surface area (Å²) in [5.41, 5.74) is 2.79. The van der Waals surface area contributed by atoms with E-state index in [2.05, 4.69) is 26.1 Å². The normalized spacial score (nSPS) is 12.4. The lowest BCUT2D eigenvalue weighted by atomic mass is 9.97. The molecule has 1 heterocycles. The van der Waals surface area contributed by atoms with Crippen LogP contribution in [0.15, 0.2) is 22.1 Å². The summed E-state index contributed by atoms with van der Waals surface area (Å²) in [6.45, 7) is 3.63. The maximum absolute atomic E-state index is 10.9. The molecule has 0 aliphatic rings. The molecule has 0 saturated heterocycles. The van der Waals surface area contributed by atoms with Crippen LogP contribution < -0.4 is 0 Å². The quantitative estimate of drug-likeness (QED) is 0.938. The smallest absolute Gasteiger partial charge is 0.310 e. The van der Waals surface area contributed by atoms with E-state index in [1.54, 1.807) is 6.92 Å². The van der Waals surface area contributed by atoms with Crippen LogP contribution in [0.5, 0.6) is 0 Å². The fourth-order valence-corrected chi connectivity index (χ4v) is 2.85. The number of halogens is 1. The zero-order valence-corrected chi connectivity index (χ0v) is 12.2. The van der Waals surface area contributed by atoms with Gasteiger partial charge < -0.3 is 5.11 Å². The van der Waals surface area contributed by atoms with Gasteiger partial charge in [0.1, 0.15) is 5.01 Å². The van der Waals surface area contributed by atoms with Crippen LogP contribution >= 0.6 is 27.3 Å². The topological polar surface area (TPSA) is 63.1 Å². The van der Waals surface area contributed by atoms with Crippen molar-refractivity contribution in [3.05, 3.63) is 33.2 Å². The average Bonchev–Trinajstić information content (AvgIpc) is 2.74. The van der Waals surface area contributed by atoms with Gasteiger partial charge in [-0.05, 0) is 40.9 Å². The van der Waals surface area contributed by atoms with Crippen LogP contribution in [0, 0.1) is 6.92 Å². The number of benzene rings is 1. The molecule has 18 heavy (non-hydrogen) atoms. The van der Waals surface area contributed by atoms with Crippen molar-refractivity contribution in [3.8, 4) is 10.6 Å². The number of hydrogen-bond acceptors (Lipinski definition) is 4. The highest BCUT2D eigenvalue weighted by Crippen LogP contribution is 2.30. The van der Waals surface area contributed by atoms with Crippen LogP contribution in [0.2, 0.25) is 0 Å². The maximum Gasteiger partial charge on any atom is 0.310 e. The van der Waals surface area contributed by atoms with Gasteiger partial charge in [0.15, 0.2) is 3.92 Å². The molecule has 1 aromatic heterocycles. The van der Waals surface area contributed by atoms with Gasteiger partial charge in [-0.2, -0.15) is 0 Å². The van der Waals surface area contributed by atoms with Crippen molar-refractivity contribution in [1.82, 2.24) is 10.2 Å². The van der Waals surface area contributed by atoms with E-state index in [1.165, 1.54) is 11.3 Å². The molecule has 2 rings (SSSR count). The molecule has 0 bridgehead atoms. The van der Waals surface area contributed by atoms with Crippen LogP contribution in [-0.4, -0.2) is 21.3 Å². The lowest BCUT2D eigenvalue weighted by Crippen LogP contribution is -2.07. The SMILES string of the molecule is Cc1cc(C(C)C(=O)O)ccc1-c1nnc(Br)s1. The summed E-state index contributed by atoms with van der Waals surface area (Å²) >= 11 is 4.73. The lowest BCUT2D eigenvalue weighted by Gasteiger charge is -2.09. The van der Waals surface area contributed by atoms with Gasteiger partial charge >= 0.3 is 5.97 Å². The number of carboxylic acid groups (broad SMARTS) is 1. The Morgan fingerprint density at radius 1 is 1.44 bits per heavy atom. The van der Waals surface area contributed by atoms with Crippen LogP contribution in [0.25, 0.3) is 10.6 Å². The Kier molecular flexibility index (Phi) is 3.77. The Balaban J connectivity index is 2.39. The van der Waals surface area contributed by atoms with Crippen molar-refractivity contribution in [3.63, 3.8) is 0 Å². The van der Waals surface area contributed by atoms with E-state index in [0.717, 1.165) is 25.6 Å². The average molecular weight is 327 g/mol. The summed E-state index contributed by atoms with van der Waals surface area (Å²) in [4.78, 5) is 10.9. The van der Waals surface area contributed by atoms with Crippen LogP contribution in [0.1, 0.15) is 24.0 Å². The van der Waals surface area contributed by atoms with Gasteiger partial charge in [0.25, 0.3) is 0 Å². The van der Waals surface area contributed by atoms with Crippen molar-refractivity contribution in [2.24, 2.45) is 0 Å². The van der Waals surface area contributed by atoms with Crippen molar-refractivity contribution in [2.75, 3.05) is 0 Å². The first-order chi connectivity index (χ1) is 8.49. The second-order valence-corrected chi connectivity index (χ2v) is 6.25. The standard InChI is InChI=1S/C12H11BrN2O2S/c1-6-5-8(7(2)11(16)17)3-4-9(6)10-14-15-12(13)18-10/h3-5,7H,1-2H3,(H,16,17). The summed E-state index contributed by atoms with van der Waals surface area (Å²) in [7, 11) is 0. The summed E-state index contributed by atoms with van der Waals surface area (Å²) < 4.78 is 0.736. The van der Waals surface area contributed by atoms with Gasteiger partial charge in [0.05, 0.1) is 5.92 Å². The number of carbonyl (C=O) groups is 1. The molecule has 0 aliphatic carbocycles. The predicted octanol–water partition coefficient (Wildman–Crippen LogP) is 3.46. The molecule has 1 unspecified atom stereocenters. The van der Waals surface area contributed by atoms with Gasteiger partial charge in [-0.25, -0.2) is 0 Å². The Bertz CT molecular complexity index is 598. The molecule has 1 atom stereocenters. The van der Waals surface area contributed by atoms with Crippen LogP contribution in [0.4, 0.5) is 0 Å². The molecule has 4 nitrogen and oxygen atoms in total. The minimum absolute atomic E-state index is 0.501.